The van der Waals surface area contributed by atoms with E-state index in [9.17, 15) is 9.59 Å². The molecule has 2 aromatic carbocycles. The lowest BCUT2D eigenvalue weighted by Crippen LogP contribution is -2.28. The summed E-state index contributed by atoms with van der Waals surface area (Å²) in [5.41, 5.74) is 1.49. The van der Waals surface area contributed by atoms with Crippen LogP contribution in [-0.2, 0) is 9.59 Å². The maximum absolute atomic E-state index is 12.1. The van der Waals surface area contributed by atoms with Crippen molar-refractivity contribution in [3.8, 4) is 5.75 Å². The van der Waals surface area contributed by atoms with Crippen LogP contribution in [-0.4, -0.2) is 35.1 Å². The minimum absolute atomic E-state index is 0.0568. The Morgan fingerprint density at radius 3 is 2.75 bits per heavy atom. The molecule has 1 aliphatic heterocycles. The Labute approximate surface area is 167 Å². The van der Waals surface area contributed by atoms with Crippen molar-refractivity contribution in [2.45, 2.75) is 18.6 Å². The largest absolute Gasteiger partial charge is 0.493 e. The van der Waals surface area contributed by atoms with E-state index in [4.69, 9.17) is 4.74 Å². The summed E-state index contributed by atoms with van der Waals surface area (Å²) in [7, 11) is 0. The number of hydrogen-bond acceptors (Lipinski definition) is 6. The average molecular weight is 396 g/mol. The number of carbonyl (C=O) groups is 2. The molecule has 0 saturated carbocycles. The van der Waals surface area contributed by atoms with E-state index in [2.05, 4.69) is 20.8 Å². The molecule has 2 aromatic rings. The normalized spacial score (nSPS) is 17.7. The van der Waals surface area contributed by atoms with E-state index in [0.717, 1.165) is 5.56 Å². The van der Waals surface area contributed by atoms with E-state index in [1.807, 2.05) is 49.4 Å². The zero-order valence-corrected chi connectivity index (χ0v) is 16.1. The number of amidine groups is 1. The van der Waals surface area contributed by atoms with Gasteiger partial charge in [-0.1, -0.05) is 42.1 Å². The fourth-order valence-corrected chi connectivity index (χ4v) is 3.43. The lowest BCUT2D eigenvalue weighted by Gasteiger charge is -2.06. The molecule has 0 aliphatic carbocycles. The first kappa shape index (κ1) is 19.6. The van der Waals surface area contributed by atoms with Crippen molar-refractivity contribution in [2.24, 2.45) is 10.2 Å². The van der Waals surface area contributed by atoms with E-state index in [-0.39, 0.29) is 18.2 Å². The van der Waals surface area contributed by atoms with Crippen LogP contribution in [0.1, 0.15) is 18.9 Å². The molecule has 1 heterocycles. The molecule has 3 rings (SSSR count). The van der Waals surface area contributed by atoms with Gasteiger partial charge in [0, 0.05) is 17.7 Å². The maximum Gasteiger partial charge on any atom is 0.240 e. The predicted octanol–water partition coefficient (Wildman–Crippen LogP) is 3.04. The summed E-state index contributed by atoms with van der Waals surface area (Å²) in [6.07, 6.45) is 1.63. The predicted molar refractivity (Wildman–Crippen MR) is 112 cm³/mol. The first-order chi connectivity index (χ1) is 13.7. The number of nitrogens with one attached hydrogen (secondary N) is 2. The highest BCUT2D eigenvalue weighted by Gasteiger charge is 2.32. The van der Waals surface area contributed by atoms with Crippen molar-refractivity contribution in [3.05, 3.63) is 60.2 Å². The minimum Gasteiger partial charge on any atom is -0.493 e. The minimum atomic E-state index is -0.534. The summed E-state index contributed by atoms with van der Waals surface area (Å²) in [4.78, 5) is 24.2. The molecule has 1 aliphatic rings. The van der Waals surface area contributed by atoms with Crippen LogP contribution < -0.4 is 15.4 Å². The summed E-state index contributed by atoms with van der Waals surface area (Å²) < 4.78 is 5.53. The van der Waals surface area contributed by atoms with E-state index in [1.165, 1.54) is 11.8 Å². The summed E-state index contributed by atoms with van der Waals surface area (Å²) in [5.74, 6) is 0.235. The lowest BCUT2D eigenvalue weighted by atomic mass is 10.2. The molecule has 0 aromatic heterocycles. The molecule has 28 heavy (non-hydrogen) atoms. The number of hydrogen-bond donors (Lipinski definition) is 2. The van der Waals surface area contributed by atoms with E-state index in [1.54, 1.807) is 18.3 Å². The Kier molecular flexibility index (Phi) is 6.80. The first-order valence-electron chi connectivity index (χ1n) is 8.81. The molecule has 0 spiro atoms. The van der Waals surface area contributed by atoms with Crippen molar-refractivity contribution < 1.29 is 14.3 Å². The molecule has 1 saturated heterocycles. The van der Waals surface area contributed by atoms with Gasteiger partial charge in [-0.15, -0.1) is 5.10 Å². The molecule has 8 heteroatoms. The summed E-state index contributed by atoms with van der Waals surface area (Å²) in [5, 5.41) is 13.3. The van der Waals surface area contributed by atoms with E-state index < -0.39 is 5.25 Å². The maximum atomic E-state index is 12.1. The van der Waals surface area contributed by atoms with Gasteiger partial charge < -0.3 is 15.4 Å². The number of benzene rings is 2. The zero-order chi connectivity index (χ0) is 19.8. The number of ether oxygens (including phenoxy) is 1. The highest BCUT2D eigenvalue weighted by molar-refractivity contribution is 8.15. The highest BCUT2D eigenvalue weighted by Crippen LogP contribution is 2.23. The second kappa shape index (κ2) is 9.70. The van der Waals surface area contributed by atoms with Gasteiger partial charge in [0.15, 0.2) is 5.17 Å². The Morgan fingerprint density at radius 2 is 1.96 bits per heavy atom. The first-order valence-corrected chi connectivity index (χ1v) is 9.69. The average Bonchev–Trinajstić information content (AvgIpc) is 3.03. The Morgan fingerprint density at radius 1 is 1.21 bits per heavy atom. The molecule has 1 fully saturated rings. The number of amides is 2. The molecule has 7 nitrogen and oxygen atoms in total. The SMILES string of the molecule is CCOc1ccccc1/C=N\N=C1/NC(=O)[C@H](CC(=O)Nc2ccccc2)S1. The third-order valence-corrected chi connectivity index (χ3v) is 4.84. The topological polar surface area (TPSA) is 92.2 Å². The lowest BCUT2D eigenvalue weighted by molar-refractivity contribution is -0.122. The van der Waals surface area contributed by atoms with Crippen molar-refractivity contribution >= 4 is 40.6 Å². The van der Waals surface area contributed by atoms with Crippen LogP contribution in [0.25, 0.3) is 0 Å². The zero-order valence-electron chi connectivity index (χ0n) is 15.3. The summed E-state index contributed by atoms with van der Waals surface area (Å²) in [6.45, 7) is 2.46. The standard InChI is InChI=1S/C20H20N4O3S/c1-2-27-16-11-7-6-8-14(16)13-21-24-20-23-19(26)17(28-20)12-18(25)22-15-9-4-3-5-10-15/h3-11,13,17H,2,12H2,1H3,(H,22,25)(H,23,24,26)/b21-13-/t17-/m0/s1. The van der Waals surface area contributed by atoms with Crippen molar-refractivity contribution in [2.75, 3.05) is 11.9 Å². The van der Waals surface area contributed by atoms with Gasteiger partial charge in [-0.3, -0.25) is 9.59 Å². The van der Waals surface area contributed by atoms with Gasteiger partial charge in [0.05, 0.1) is 12.8 Å². The summed E-state index contributed by atoms with van der Waals surface area (Å²) >= 11 is 1.19. The van der Waals surface area contributed by atoms with Gasteiger partial charge in [0.1, 0.15) is 11.0 Å². The van der Waals surface area contributed by atoms with Crippen molar-refractivity contribution in [1.82, 2.24) is 5.32 Å². The van der Waals surface area contributed by atoms with Gasteiger partial charge in [-0.05, 0) is 31.2 Å². The molecule has 144 valence electrons. The smallest absolute Gasteiger partial charge is 0.240 e. The summed E-state index contributed by atoms with van der Waals surface area (Å²) in [6, 6.07) is 16.6. The quantitative estimate of drug-likeness (QED) is 0.556. The fraction of sp³-hybridized carbons (Fsp3) is 0.200. The Bertz CT molecular complexity index is 899. The van der Waals surface area contributed by atoms with Gasteiger partial charge in [0.2, 0.25) is 11.8 Å². The number of rotatable bonds is 7. The molecular formula is C20H20N4O3S. The molecule has 2 amide bonds. The number of thioether (sulfide) groups is 1. The molecule has 0 bridgehead atoms. The number of para-hydroxylation sites is 2. The van der Waals surface area contributed by atoms with Gasteiger partial charge in [0.25, 0.3) is 0 Å². The van der Waals surface area contributed by atoms with Crippen LogP contribution in [0.4, 0.5) is 5.69 Å². The van der Waals surface area contributed by atoms with E-state index in [0.29, 0.717) is 23.2 Å². The molecular weight excluding hydrogens is 376 g/mol. The number of carbonyl (C=O) groups excluding carboxylic acids is 2. The van der Waals surface area contributed by atoms with Crippen molar-refractivity contribution in [3.63, 3.8) is 0 Å². The number of anilines is 1. The molecule has 2 N–H and O–H groups in total. The molecule has 0 unspecified atom stereocenters. The van der Waals surface area contributed by atoms with Crippen LogP contribution in [0.3, 0.4) is 0 Å². The molecule has 0 radical (unpaired) electrons. The second-order valence-electron chi connectivity index (χ2n) is 5.83. The Hall–Kier alpha value is -3.13. The van der Waals surface area contributed by atoms with Crippen LogP contribution in [0.2, 0.25) is 0 Å². The second-order valence-corrected chi connectivity index (χ2v) is 7.03. The van der Waals surface area contributed by atoms with E-state index >= 15 is 0 Å². The number of nitrogens with zero attached hydrogens (tertiary/aromatic N) is 2. The van der Waals surface area contributed by atoms with Crippen LogP contribution >= 0.6 is 11.8 Å². The van der Waals surface area contributed by atoms with Gasteiger partial charge in [-0.2, -0.15) is 5.10 Å². The van der Waals surface area contributed by atoms with Crippen LogP contribution in [0.5, 0.6) is 5.75 Å². The third-order valence-electron chi connectivity index (χ3n) is 3.77. The van der Waals surface area contributed by atoms with Gasteiger partial charge in [-0.25, -0.2) is 0 Å². The third kappa shape index (κ3) is 5.43. The van der Waals surface area contributed by atoms with Crippen LogP contribution in [0, 0.1) is 0 Å². The Balaban J connectivity index is 1.57. The van der Waals surface area contributed by atoms with Crippen molar-refractivity contribution in [1.29, 1.82) is 0 Å². The monoisotopic (exact) mass is 396 g/mol. The van der Waals surface area contributed by atoms with Crippen LogP contribution in [0.15, 0.2) is 64.8 Å². The highest BCUT2D eigenvalue weighted by atomic mass is 32.2. The molecule has 1 atom stereocenters. The van der Waals surface area contributed by atoms with Gasteiger partial charge >= 0.3 is 0 Å². The fourth-order valence-electron chi connectivity index (χ4n) is 2.51.